The van der Waals surface area contributed by atoms with Crippen molar-refractivity contribution in [1.29, 1.82) is 0 Å². The van der Waals surface area contributed by atoms with Crippen LogP contribution in [0.25, 0.3) is 11.2 Å². The van der Waals surface area contributed by atoms with E-state index in [2.05, 4.69) is 40.4 Å². The number of imidazole rings is 1. The number of nitrogens with one attached hydrogen (secondary N) is 3. The third-order valence-electron chi connectivity index (χ3n) is 2.34. The summed E-state index contributed by atoms with van der Waals surface area (Å²) in [5.41, 5.74) is 1.47. The third kappa shape index (κ3) is 1.92. The predicted octanol–water partition coefficient (Wildman–Crippen LogP) is 0.126. The topological polar surface area (TPSA) is 108 Å². The lowest BCUT2D eigenvalue weighted by Gasteiger charge is -2.03. The normalized spacial score (nSPS) is 10.8. The molecular formula is C9H10N8. The van der Waals surface area contributed by atoms with Gasteiger partial charge in [-0.15, -0.1) is 0 Å². The maximum Gasteiger partial charge on any atom is 0.182 e. The molecular weight excluding hydrogens is 220 g/mol. The van der Waals surface area contributed by atoms with E-state index in [0.717, 1.165) is 23.6 Å². The Morgan fingerprint density at radius 1 is 1.12 bits per heavy atom. The third-order valence-corrected chi connectivity index (χ3v) is 2.34. The highest BCUT2D eigenvalue weighted by atomic mass is 15.2. The number of fused-ring (bicyclic) bond motifs is 1. The van der Waals surface area contributed by atoms with E-state index in [-0.39, 0.29) is 0 Å². The average Bonchev–Trinajstić information content (AvgIpc) is 2.99. The van der Waals surface area contributed by atoms with E-state index < -0.39 is 0 Å². The summed E-state index contributed by atoms with van der Waals surface area (Å²) >= 11 is 0. The second-order valence-corrected chi connectivity index (χ2v) is 3.43. The molecule has 0 amide bonds. The zero-order valence-corrected chi connectivity index (χ0v) is 8.88. The van der Waals surface area contributed by atoms with E-state index in [1.165, 1.54) is 12.7 Å². The second kappa shape index (κ2) is 4.16. The van der Waals surface area contributed by atoms with Crippen molar-refractivity contribution >= 4 is 17.0 Å². The first-order chi connectivity index (χ1) is 8.43. The van der Waals surface area contributed by atoms with E-state index in [1.54, 1.807) is 6.33 Å². The van der Waals surface area contributed by atoms with E-state index in [4.69, 9.17) is 0 Å². The SMILES string of the molecule is c1n[nH]c(CCNc2ncnc3nc[nH]c23)n1. The smallest absolute Gasteiger partial charge is 0.182 e. The van der Waals surface area contributed by atoms with E-state index in [9.17, 15) is 0 Å². The summed E-state index contributed by atoms with van der Waals surface area (Å²) in [6.07, 6.45) is 5.33. The lowest BCUT2D eigenvalue weighted by atomic mass is 10.4. The highest BCUT2D eigenvalue weighted by molar-refractivity contribution is 5.81. The zero-order valence-electron chi connectivity index (χ0n) is 8.88. The number of rotatable bonds is 4. The standard InChI is InChI=1S/C9H10N8/c1(6-11-5-16-17-6)2-10-8-7-9(13-3-12-7)15-4-14-8/h3-5H,1-2H2,(H,11,16,17)(H2,10,12,13,14,15). The molecule has 86 valence electrons. The van der Waals surface area contributed by atoms with Gasteiger partial charge in [-0.2, -0.15) is 5.10 Å². The monoisotopic (exact) mass is 230 g/mol. The largest absolute Gasteiger partial charge is 0.368 e. The first-order valence-electron chi connectivity index (χ1n) is 5.15. The van der Waals surface area contributed by atoms with Crippen LogP contribution in [0.3, 0.4) is 0 Å². The molecule has 8 heteroatoms. The first kappa shape index (κ1) is 9.70. The van der Waals surface area contributed by atoms with Crippen LogP contribution in [-0.4, -0.2) is 41.7 Å². The molecule has 0 aliphatic rings. The molecule has 0 radical (unpaired) electrons. The van der Waals surface area contributed by atoms with Gasteiger partial charge < -0.3 is 10.3 Å². The van der Waals surface area contributed by atoms with Gasteiger partial charge >= 0.3 is 0 Å². The molecule has 0 atom stereocenters. The molecule has 8 nitrogen and oxygen atoms in total. The Morgan fingerprint density at radius 3 is 3.00 bits per heavy atom. The quantitative estimate of drug-likeness (QED) is 0.587. The van der Waals surface area contributed by atoms with Gasteiger partial charge in [0.15, 0.2) is 11.5 Å². The number of aromatic amines is 2. The summed E-state index contributed by atoms with van der Waals surface area (Å²) in [5, 5.41) is 9.79. The van der Waals surface area contributed by atoms with Crippen LogP contribution in [0.4, 0.5) is 5.82 Å². The molecule has 0 spiro atoms. The van der Waals surface area contributed by atoms with Crippen molar-refractivity contribution in [3.8, 4) is 0 Å². The maximum atomic E-state index is 4.16. The summed E-state index contributed by atoms with van der Waals surface area (Å²) in [5.74, 6) is 1.58. The van der Waals surface area contributed by atoms with Gasteiger partial charge in [0, 0.05) is 13.0 Å². The number of hydrogen-bond donors (Lipinski definition) is 3. The van der Waals surface area contributed by atoms with Crippen molar-refractivity contribution in [2.75, 3.05) is 11.9 Å². The van der Waals surface area contributed by atoms with Gasteiger partial charge in [0.05, 0.1) is 6.33 Å². The van der Waals surface area contributed by atoms with Crippen LogP contribution >= 0.6 is 0 Å². The fraction of sp³-hybridized carbons (Fsp3) is 0.222. The molecule has 0 saturated heterocycles. The van der Waals surface area contributed by atoms with Gasteiger partial charge in [0.25, 0.3) is 0 Å². The molecule has 3 rings (SSSR count). The van der Waals surface area contributed by atoms with Crippen molar-refractivity contribution in [3.63, 3.8) is 0 Å². The Bertz CT molecular complexity index is 598. The highest BCUT2D eigenvalue weighted by Gasteiger charge is 2.04. The summed E-state index contributed by atoms with van der Waals surface area (Å²) in [4.78, 5) is 19.3. The maximum absolute atomic E-state index is 4.16. The van der Waals surface area contributed by atoms with Gasteiger partial charge in [-0.1, -0.05) is 0 Å². The van der Waals surface area contributed by atoms with Crippen LogP contribution < -0.4 is 5.32 Å². The lowest BCUT2D eigenvalue weighted by Crippen LogP contribution is -2.08. The molecule has 3 aromatic rings. The minimum Gasteiger partial charge on any atom is -0.368 e. The zero-order chi connectivity index (χ0) is 11.5. The molecule has 17 heavy (non-hydrogen) atoms. The number of anilines is 1. The summed E-state index contributed by atoms with van der Waals surface area (Å²) in [6, 6.07) is 0. The molecule has 0 aromatic carbocycles. The van der Waals surface area contributed by atoms with Gasteiger partial charge in [-0.3, -0.25) is 5.10 Å². The summed E-state index contributed by atoms with van der Waals surface area (Å²) in [6.45, 7) is 0.709. The van der Waals surface area contributed by atoms with Crippen molar-refractivity contribution in [1.82, 2.24) is 35.1 Å². The average molecular weight is 230 g/mol. The van der Waals surface area contributed by atoms with E-state index in [0.29, 0.717) is 12.2 Å². The van der Waals surface area contributed by atoms with Crippen LogP contribution in [0.2, 0.25) is 0 Å². The Labute approximate surface area is 95.9 Å². The number of aromatic nitrogens is 7. The molecule has 3 N–H and O–H groups in total. The molecule has 0 aliphatic heterocycles. The molecule has 0 unspecified atom stereocenters. The molecule has 0 aliphatic carbocycles. The number of nitrogens with zero attached hydrogens (tertiary/aromatic N) is 5. The Balaban J connectivity index is 1.70. The Kier molecular flexibility index (Phi) is 2.37. The van der Waals surface area contributed by atoms with Gasteiger partial charge in [-0.25, -0.2) is 19.9 Å². The fourth-order valence-electron chi connectivity index (χ4n) is 1.55. The van der Waals surface area contributed by atoms with Crippen molar-refractivity contribution < 1.29 is 0 Å². The molecule has 0 bridgehead atoms. The minimum atomic E-state index is 0.655. The first-order valence-corrected chi connectivity index (χ1v) is 5.15. The van der Waals surface area contributed by atoms with E-state index >= 15 is 0 Å². The Morgan fingerprint density at radius 2 is 2.12 bits per heavy atom. The lowest BCUT2D eigenvalue weighted by molar-refractivity contribution is 0.897. The van der Waals surface area contributed by atoms with Crippen LogP contribution in [0.5, 0.6) is 0 Å². The summed E-state index contributed by atoms with van der Waals surface area (Å²) < 4.78 is 0. The predicted molar refractivity (Wildman–Crippen MR) is 60.3 cm³/mol. The van der Waals surface area contributed by atoms with Gasteiger partial charge in [-0.05, 0) is 0 Å². The van der Waals surface area contributed by atoms with Crippen molar-refractivity contribution in [2.24, 2.45) is 0 Å². The van der Waals surface area contributed by atoms with Gasteiger partial charge in [0.1, 0.15) is 24.0 Å². The fourth-order valence-corrected chi connectivity index (χ4v) is 1.55. The number of H-pyrrole nitrogens is 2. The molecule has 3 aromatic heterocycles. The van der Waals surface area contributed by atoms with Crippen LogP contribution in [-0.2, 0) is 6.42 Å². The van der Waals surface area contributed by atoms with Crippen molar-refractivity contribution in [3.05, 3.63) is 24.8 Å². The van der Waals surface area contributed by atoms with Crippen LogP contribution in [0.1, 0.15) is 5.82 Å². The van der Waals surface area contributed by atoms with Crippen LogP contribution in [0.15, 0.2) is 19.0 Å². The molecule has 3 heterocycles. The van der Waals surface area contributed by atoms with Crippen molar-refractivity contribution in [2.45, 2.75) is 6.42 Å². The van der Waals surface area contributed by atoms with Crippen LogP contribution in [0, 0.1) is 0 Å². The molecule has 0 fully saturated rings. The Hall–Kier alpha value is -2.51. The van der Waals surface area contributed by atoms with E-state index in [1.807, 2.05) is 0 Å². The summed E-state index contributed by atoms with van der Waals surface area (Å²) in [7, 11) is 0. The molecule has 0 saturated carbocycles. The van der Waals surface area contributed by atoms with Gasteiger partial charge in [0.2, 0.25) is 0 Å². The minimum absolute atomic E-state index is 0.655. The highest BCUT2D eigenvalue weighted by Crippen LogP contribution is 2.13. The second-order valence-electron chi connectivity index (χ2n) is 3.43. The number of hydrogen-bond acceptors (Lipinski definition) is 6.